The van der Waals surface area contributed by atoms with Crippen LogP contribution in [0.15, 0.2) is 42.6 Å². The Labute approximate surface area is 239 Å². The molecule has 1 N–H and O–H groups in total. The van der Waals surface area contributed by atoms with Crippen molar-refractivity contribution in [3.63, 3.8) is 0 Å². The van der Waals surface area contributed by atoms with Crippen LogP contribution >= 0.6 is 0 Å². The SMILES string of the molecule is COC(=O)[C@]1(C)CCC[C@]2(C)c3ccc(C(C)C)c(NC(=O)Cn4cc(-c5cccc([N+](=O)[O-])c5)nn4)c3CC[C@@H]12. The number of nitrogens with one attached hydrogen (secondary N) is 1. The van der Waals surface area contributed by atoms with E-state index in [4.69, 9.17) is 4.74 Å². The molecule has 1 aromatic heterocycles. The first-order valence-electron chi connectivity index (χ1n) is 14.2. The van der Waals surface area contributed by atoms with Gasteiger partial charge >= 0.3 is 5.97 Å². The molecule has 5 rings (SSSR count). The Kier molecular flexibility index (Phi) is 7.44. The summed E-state index contributed by atoms with van der Waals surface area (Å²) in [4.78, 5) is 37.0. The maximum atomic E-state index is 13.4. The number of methoxy groups -OCH3 is 1. The molecule has 0 spiro atoms. The number of anilines is 1. The highest BCUT2D eigenvalue weighted by atomic mass is 16.6. The molecule has 2 aromatic carbocycles. The molecule has 216 valence electrons. The fraction of sp³-hybridized carbons (Fsp3) is 0.484. The lowest BCUT2D eigenvalue weighted by Crippen LogP contribution is -2.52. The summed E-state index contributed by atoms with van der Waals surface area (Å²) in [5.41, 5.74) is 4.50. The lowest BCUT2D eigenvalue weighted by atomic mass is 9.49. The van der Waals surface area contributed by atoms with Gasteiger partial charge in [0.15, 0.2) is 0 Å². The summed E-state index contributed by atoms with van der Waals surface area (Å²) < 4.78 is 6.70. The van der Waals surface area contributed by atoms with Crippen LogP contribution in [0.5, 0.6) is 0 Å². The molecular formula is C31H37N5O5. The molecule has 2 aliphatic rings. The Morgan fingerprint density at radius 2 is 2.00 bits per heavy atom. The van der Waals surface area contributed by atoms with Crippen LogP contribution in [0.3, 0.4) is 0 Å². The molecule has 41 heavy (non-hydrogen) atoms. The normalized spacial score (nSPS) is 23.4. The van der Waals surface area contributed by atoms with Gasteiger partial charge in [-0.3, -0.25) is 19.7 Å². The van der Waals surface area contributed by atoms with Crippen molar-refractivity contribution in [3.8, 4) is 11.3 Å². The highest BCUT2D eigenvalue weighted by Crippen LogP contribution is 2.58. The molecule has 1 heterocycles. The zero-order chi connectivity index (χ0) is 29.5. The van der Waals surface area contributed by atoms with Crippen molar-refractivity contribution < 1.29 is 19.2 Å². The van der Waals surface area contributed by atoms with Crippen LogP contribution in [0.25, 0.3) is 11.3 Å². The van der Waals surface area contributed by atoms with Crippen LogP contribution in [0, 0.1) is 21.4 Å². The van der Waals surface area contributed by atoms with E-state index in [0.717, 1.165) is 48.9 Å². The van der Waals surface area contributed by atoms with E-state index in [1.54, 1.807) is 18.3 Å². The number of nitro benzene ring substituents is 1. The van der Waals surface area contributed by atoms with Gasteiger partial charge in [0.1, 0.15) is 12.2 Å². The molecule has 0 aliphatic heterocycles. The third-order valence-corrected chi connectivity index (χ3v) is 9.31. The molecule has 0 unspecified atom stereocenters. The highest BCUT2D eigenvalue weighted by molar-refractivity contribution is 5.93. The van der Waals surface area contributed by atoms with Crippen molar-refractivity contribution in [1.29, 1.82) is 0 Å². The van der Waals surface area contributed by atoms with E-state index in [-0.39, 0.29) is 41.4 Å². The predicted molar refractivity (Wildman–Crippen MR) is 154 cm³/mol. The van der Waals surface area contributed by atoms with Gasteiger partial charge in [0, 0.05) is 23.4 Å². The first-order valence-corrected chi connectivity index (χ1v) is 14.2. The van der Waals surface area contributed by atoms with Crippen LogP contribution in [0.2, 0.25) is 0 Å². The predicted octanol–water partition coefficient (Wildman–Crippen LogP) is 5.80. The summed E-state index contributed by atoms with van der Waals surface area (Å²) in [6.45, 7) is 8.49. The molecule has 3 aromatic rings. The summed E-state index contributed by atoms with van der Waals surface area (Å²) >= 11 is 0. The van der Waals surface area contributed by atoms with Crippen LogP contribution in [0.4, 0.5) is 11.4 Å². The maximum absolute atomic E-state index is 13.4. The second-order valence-corrected chi connectivity index (χ2v) is 12.1. The Hall–Kier alpha value is -4.08. The number of rotatable bonds is 7. The third kappa shape index (κ3) is 5.00. The maximum Gasteiger partial charge on any atom is 0.311 e. The van der Waals surface area contributed by atoms with Gasteiger partial charge in [-0.1, -0.05) is 56.7 Å². The Morgan fingerprint density at radius 1 is 1.22 bits per heavy atom. The number of nitrogens with zero attached hydrogens (tertiary/aromatic N) is 4. The van der Waals surface area contributed by atoms with E-state index in [2.05, 4.69) is 55.5 Å². The molecule has 0 radical (unpaired) electrons. The van der Waals surface area contributed by atoms with Crippen LogP contribution in [-0.4, -0.2) is 38.9 Å². The Balaban J connectivity index is 1.43. The molecule has 0 bridgehead atoms. The molecular weight excluding hydrogens is 522 g/mol. The number of non-ortho nitro benzene ring substituents is 1. The van der Waals surface area contributed by atoms with Crippen molar-refractivity contribution in [1.82, 2.24) is 15.0 Å². The number of carbonyl (C=O) groups excluding carboxylic acids is 2. The number of aromatic nitrogens is 3. The zero-order valence-corrected chi connectivity index (χ0v) is 24.3. The van der Waals surface area contributed by atoms with Gasteiger partial charge in [0.05, 0.1) is 23.6 Å². The second-order valence-electron chi connectivity index (χ2n) is 12.1. The van der Waals surface area contributed by atoms with E-state index < -0.39 is 10.3 Å². The number of benzene rings is 2. The average Bonchev–Trinajstić information content (AvgIpc) is 3.40. The van der Waals surface area contributed by atoms with Gasteiger partial charge in [-0.25, -0.2) is 4.68 Å². The molecule has 3 atom stereocenters. The van der Waals surface area contributed by atoms with Crippen molar-refractivity contribution in [3.05, 3.63) is 69.4 Å². The molecule has 1 saturated carbocycles. The Morgan fingerprint density at radius 3 is 2.71 bits per heavy atom. The van der Waals surface area contributed by atoms with E-state index in [1.807, 2.05) is 0 Å². The second kappa shape index (κ2) is 10.7. The van der Waals surface area contributed by atoms with E-state index in [0.29, 0.717) is 11.3 Å². The monoisotopic (exact) mass is 559 g/mol. The van der Waals surface area contributed by atoms with E-state index >= 15 is 0 Å². The number of nitro groups is 1. The van der Waals surface area contributed by atoms with Gasteiger partial charge in [0.2, 0.25) is 5.91 Å². The minimum absolute atomic E-state index is 0.0364. The summed E-state index contributed by atoms with van der Waals surface area (Å²) in [6, 6.07) is 10.5. The number of hydrogen-bond donors (Lipinski definition) is 1. The topological polar surface area (TPSA) is 129 Å². The zero-order valence-electron chi connectivity index (χ0n) is 24.3. The molecule has 1 fully saturated rings. The highest BCUT2D eigenvalue weighted by Gasteiger charge is 2.56. The van der Waals surface area contributed by atoms with Crippen LogP contribution in [0.1, 0.15) is 76.0 Å². The van der Waals surface area contributed by atoms with Crippen LogP contribution in [-0.2, 0) is 32.7 Å². The largest absolute Gasteiger partial charge is 0.469 e. The minimum Gasteiger partial charge on any atom is -0.469 e. The van der Waals surface area contributed by atoms with Gasteiger partial charge in [-0.2, -0.15) is 0 Å². The van der Waals surface area contributed by atoms with Gasteiger partial charge in [0.25, 0.3) is 5.69 Å². The van der Waals surface area contributed by atoms with Gasteiger partial charge < -0.3 is 10.1 Å². The first kappa shape index (κ1) is 28.4. The fourth-order valence-electron chi connectivity index (χ4n) is 7.30. The smallest absolute Gasteiger partial charge is 0.311 e. The lowest BCUT2D eigenvalue weighted by molar-refractivity contribution is -0.384. The fourth-order valence-corrected chi connectivity index (χ4v) is 7.30. The Bertz CT molecular complexity index is 1510. The lowest BCUT2D eigenvalue weighted by Gasteiger charge is -2.54. The third-order valence-electron chi connectivity index (χ3n) is 9.31. The summed E-state index contributed by atoms with van der Waals surface area (Å²) in [6.07, 6.45) is 5.95. The van der Waals surface area contributed by atoms with Gasteiger partial charge in [-0.05, 0) is 66.5 Å². The quantitative estimate of drug-likeness (QED) is 0.220. The van der Waals surface area contributed by atoms with Crippen molar-refractivity contribution in [2.45, 2.75) is 77.7 Å². The minimum atomic E-state index is -0.538. The van der Waals surface area contributed by atoms with Crippen molar-refractivity contribution in [2.75, 3.05) is 12.4 Å². The van der Waals surface area contributed by atoms with Gasteiger partial charge in [-0.15, -0.1) is 5.10 Å². The average molecular weight is 560 g/mol. The first-order chi connectivity index (χ1) is 19.5. The summed E-state index contributed by atoms with van der Waals surface area (Å²) in [5.74, 6) is -0.0215. The number of ether oxygens (including phenoxy) is 1. The standard InChI is InChI=1S/C31H37N5O5/c1-19(2)22-10-12-24-23(11-13-26-30(24,3)14-7-15-31(26,4)29(38)41-5)28(22)32-27(37)18-35-17-25(33-34-35)20-8-6-9-21(16-20)36(39)40/h6,8-10,12,16-17,19,26H,7,11,13-15,18H2,1-5H3,(H,32,37)/t26-,30-,31-/m1/s1. The molecule has 10 heteroatoms. The molecule has 0 saturated heterocycles. The van der Waals surface area contributed by atoms with Crippen molar-refractivity contribution in [2.24, 2.45) is 11.3 Å². The number of hydrogen-bond acceptors (Lipinski definition) is 7. The van der Waals surface area contributed by atoms with Crippen molar-refractivity contribution >= 4 is 23.3 Å². The summed E-state index contributed by atoms with van der Waals surface area (Å²) in [5, 5.41) is 22.6. The molecule has 1 amide bonds. The number of fused-ring (bicyclic) bond motifs is 3. The number of amides is 1. The van der Waals surface area contributed by atoms with E-state index in [1.165, 1.54) is 29.5 Å². The number of carbonyl (C=O) groups is 2. The summed E-state index contributed by atoms with van der Waals surface area (Å²) in [7, 11) is 1.47. The van der Waals surface area contributed by atoms with E-state index in [9.17, 15) is 19.7 Å². The molecule has 10 nitrogen and oxygen atoms in total. The molecule has 2 aliphatic carbocycles. The van der Waals surface area contributed by atoms with Crippen LogP contribution < -0.4 is 5.32 Å². The number of esters is 1.